The van der Waals surface area contributed by atoms with Gasteiger partial charge in [0.05, 0.1) is 35.5 Å². The molecular formula is C19H26O5Si. The van der Waals surface area contributed by atoms with E-state index in [1.807, 2.05) is 24.3 Å². The Hall–Kier alpha value is -2.34. The maximum Gasteiger partial charge on any atom is 0.203 e. The first-order valence-corrected chi connectivity index (χ1v) is 11.0. The van der Waals surface area contributed by atoms with Crippen LogP contribution in [-0.2, 0) is 0 Å². The van der Waals surface area contributed by atoms with Crippen molar-refractivity contribution in [3.63, 3.8) is 0 Å². The molecule has 0 aliphatic carbocycles. The van der Waals surface area contributed by atoms with E-state index in [1.165, 1.54) is 10.4 Å². The van der Waals surface area contributed by atoms with Gasteiger partial charge in [-0.3, -0.25) is 0 Å². The number of hydrogen-bond donors (Lipinski definition) is 0. The lowest BCUT2D eigenvalue weighted by Gasteiger charge is -2.26. The Labute approximate surface area is 150 Å². The molecule has 0 fully saturated rings. The molecule has 0 N–H and O–H groups in total. The van der Waals surface area contributed by atoms with Gasteiger partial charge in [0.1, 0.15) is 8.07 Å². The highest BCUT2D eigenvalue weighted by Gasteiger charge is 2.30. The van der Waals surface area contributed by atoms with Crippen LogP contribution in [0.4, 0.5) is 0 Å². The van der Waals surface area contributed by atoms with E-state index in [0.717, 1.165) is 11.5 Å². The molecule has 2 aromatic carbocycles. The summed E-state index contributed by atoms with van der Waals surface area (Å²) in [5.41, 5.74) is 0. The third-order valence-electron chi connectivity index (χ3n) is 4.49. The van der Waals surface area contributed by atoms with E-state index in [-0.39, 0.29) is 0 Å². The predicted octanol–water partition coefficient (Wildman–Crippen LogP) is 2.55. The van der Waals surface area contributed by atoms with Crippen LogP contribution in [0.2, 0.25) is 13.1 Å². The molecule has 0 saturated heterocycles. The normalized spacial score (nSPS) is 11.0. The minimum absolute atomic E-state index is 0.603. The molecule has 5 nitrogen and oxygen atoms in total. The van der Waals surface area contributed by atoms with Gasteiger partial charge in [-0.05, 0) is 29.5 Å². The van der Waals surface area contributed by atoms with Crippen LogP contribution in [0.3, 0.4) is 0 Å². The number of benzene rings is 2. The van der Waals surface area contributed by atoms with Crippen molar-refractivity contribution in [3.05, 3.63) is 30.3 Å². The molecule has 136 valence electrons. The Morgan fingerprint density at radius 1 is 0.560 bits per heavy atom. The second kappa shape index (κ2) is 7.69. The predicted molar refractivity (Wildman–Crippen MR) is 102 cm³/mol. The minimum atomic E-state index is -2.02. The van der Waals surface area contributed by atoms with Gasteiger partial charge >= 0.3 is 0 Å². The first-order chi connectivity index (χ1) is 11.9. The van der Waals surface area contributed by atoms with Gasteiger partial charge in [-0.1, -0.05) is 24.3 Å². The Balaban J connectivity index is 2.59. The van der Waals surface area contributed by atoms with Crippen LogP contribution in [-0.4, -0.2) is 43.6 Å². The summed E-state index contributed by atoms with van der Waals surface area (Å²) in [7, 11) is 6.14. The van der Waals surface area contributed by atoms with Gasteiger partial charge in [-0.25, -0.2) is 0 Å². The summed E-state index contributed by atoms with van der Waals surface area (Å²) in [6, 6.07) is 10.2. The topological polar surface area (TPSA) is 46.2 Å². The molecule has 0 aliphatic heterocycles. The summed E-state index contributed by atoms with van der Waals surface area (Å²) >= 11 is 0. The van der Waals surface area contributed by atoms with Crippen molar-refractivity contribution < 1.29 is 23.7 Å². The van der Waals surface area contributed by atoms with Crippen molar-refractivity contribution in [2.24, 2.45) is 0 Å². The molecule has 0 unspecified atom stereocenters. The van der Waals surface area contributed by atoms with Crippen LogP contribution < -0.4 is 34.1 Å². The molecule has 2 rings (SSSR count). The Kier molecular flexibility index (Phi) is 5.84. The van der Waals surface area contributed by atoms with Gasteiger partial charge in [0, 0.05) is 0 Å². The third kappa shape index (κ3) is 3.53. The lowest BCUT2D eigenvalue weighted by molar-refractivity contribution is 0.325. The van der Waals surface area contributed by atoms with Gasteiger partial charge in [-0.15, -0.1) is 0 Å². The summed E-state index contributed by atoms with van der Waals surface area (Å²) < 4.78 is 27.2. The summed E-state index contributed by atoms with van der Waals surface area (Å²) in [5, 5.41) is 2.40. The van der Waals surface area contributed by atoms with E-state index in [0.29, 0.717) is 17.2 Å². The first kappa shape index (κ1) is 19.0. The van der Waals surface area contributed by atoms with Crippen LogP contribution in [0.25, 0.3) is 0 Å². The van der Waals surface area contributed by atoms with E-state index in [9.17, 15) is 0 Å². The maximum atomic E-state index is 5.50. The molecule has 0 aromatic heterocycles. The molecule has 0 spiro atoms. The maximum absolute atomic E-state index is 5.50. The zero-order chi connectivity index (χ0) is 18.6. The molecule has 2 aromatic rings. The summed E-state index contributed by atoms with van der Waals surface area (Å²) in [4.78, 5) is 0. The minimum Gasteiger partial charge on any atom is -0.493 e. The first-order valence-electron chi connectivity index (χ1n) is 7.95. The fraction of sp³-hybridized carbons (Fsp3) is 0.368. The second-order valence-corrected chi connectivity index (χ2v) is 10.5. The van der Waals surface area contributed by atoms with Crippen molar-refractivity contribution in [2.75, 3.05) is 35.5 Å². The largest absolute Gasteiger partial charge is 0.493 e. The van der Waals surface area contributed by atoms with E-state index in [4.69, 9.17) is 23.7 Å². The smallest absolute Gasteiger partial charge is 0.203 e. The van der Waals surface area contributed by atoms with Gasteiger partial charge in [0.2, 0.25) is 5.75 Å². The van der Waals surface area contributed by atoms with Crippen LogP contribution in [0.1, 0.15) is 0 Å². The van der Waals surface area contributed by atoms with Crippen molar-refractivity contribution in [2.45, 2.75) is 13.1 Å². The van der Waals surface area contributed by atoms with Crippen molar-refractivity contribution >= 4 is 18.4 Å². The van der Waals surface area contributed by atoms with Crippen LogP contribution in [0.5, 0.6) is 28.7 Å². The third-order valence-corrected chi connectivity index (χ3v) is 7.98. The monoisotopic (exact) mass is 362 g/mol. The van der Waals surface area contributed by atoms with Gasteiger partial charge in [0.25, 0.3) is 0 Å². The lowest BCUT2D eigenvalue weighted by atomic mass is 10.3. The molecule has 6 heteroatoms. The quantitative estimate of drug-likeness (QED) is 0.709. The molecular weight excluding hydrogens is 336 g/mol. The SMILES string of the molecule is COc1ccc([Si](C)(C)c2cc(OC)c(OC)c(OC)c2)cc1OC. The van der Waals surface area contributed by atoms with E-state index >= 15 is 0 Å². The molecule has 0 heterocycles. The van der Waals surface area contributed by atoms with Crippen molar-refractivity contribution in [1.29, 1.82) is 0 Å². The number of methoxy groups -OCH3 is 5. The van der Waals surface area contributed by atoms with E-state index in [2.05, 4.69) is 19.2 Å². The highest BCUT2D eigenvalue weighted by atomic mass is 28.3. The number of hydrogen-bond acceptors (Lipinski definition) is 5. The average Bonchev–Trinajstić information content (AvgIpc) is 2.65. The zero-order valence-corrected chi connectivity index (χ0v) is 16.9. The molecule has 0 bridgehead atoms. The number of ether oxygens (including phenoxy) is 5. The fourth-order valence-corrected chi connectivity index (χ4v) is 5.14. The average molecular weight is 362 g/mol. The van der Waals surface area contributed by atoms with Crippen LogP contribution >= 0.6 is 0 Å². The molecule has 0 atom stereocenters. The Morgan fingerprint density at radius 3 is 1.48 bits per heavy atom. The molecule has 0 radical (unpaired) electrons. The molecule has 0 saturated carbocycles. The summed E-state index contributed by atoms with van der Waals surface area (Å²) in [6.45, 7) is 4.55. The number of rotatable bonds is 7. The standard InChI is InChI=1S/C19H26O5Si/c1-20-15-9-8-13(10-16(15)21-2)25(6,7)14-11-17(22-3)19(24-5)18(12-14)23-4/h8-12H,1-7H3. The molecule has 25 heavy (non-hydrogen) atoms. The lowest BCUT2D eigenvalue weighted by Crippen LogP contribution is -2.52. The molecule has 0 aliphatic rings. The van der Waals surface area contributed by atoms with E-state index < -0.39 is 8.07 Å². The second-order valence-electron chi connectivity index (χ2n) is 6.11. The Morgan fingerprint density at radius 2 is 1.04 bits per heavy atom. The van der Waals surface area contributed by atoms with Gasteiger partial charge in [0.15, 0.2) is 23.0 Å². The van der Waals surface area contributed by atoms with Gasteiger partial charge in [-0.2, -0.15) is 0 Å². The Bertz CT molecular complexity index is 718. The molecule has 0 amide bonds. The fourth-order valence-electron chi connectivity index (χ4n) is 2.83. The summed E-state index contributed by atoms with van der Waals surface area (Å²) in [6.07, 6.45) is 0. The van der Waals surface area contributed by atoms with Crippen LogP contribution in [0, 0.1) is 0 Å². The highest BCUT2D eigenvalue weighted by molar-refractivity contribution is 7.00. The zero-order valence-electron chi connectivity index (χ0n) is 15.9. The van der Waals surface area contributed by atoms with E-state index in [1.54, 1.807) is 35.5 Å². The van der Waals surface area contributed by atoms with Crippen LogP contribution in [0.15, 0.2) is 30.3 Å². The summed E-state index contributed by atoms with van der Waals surface area (Å²) in [5.74, 6) is 3.38. The van der Waals surface area contributed by atoms with Gasteiger partial charge < -0.3 is 23.7 Å². The highest BCUT2D eigenvalue weighted by Crippen LogP contribution is 2.36. The van der Waals surface area contributed by atoms with Crippen molar-refractivity contribution in [1.82, 2.24) is 0 Å². The van der Waals surface area contributed by atoms with Crippen molar-refractivity contribution in [3.8, 4) is 28.7 Å².